The number of ketones is 1. The fraction of sp³-hybridized carbons (Fsp3) is 0.645. The first kappa shape index (κ1) is 32.2. The monoisotopic (exact) mass is 570 g/mol. The molecular formula is C31H46N4O6. The molecule has 4 N–H and O–H groups in total. The standard InChI is InChI=1S/C31H46N4O6/c1-4-20(2)27-31(41)35-18-12-11-16-25(35)30(40)32-23(15-9-6-10-17-26(37)21(3)36)28(38)33-24(29(39)34-27)19-22-13-7-5-8-14-22/h5,7-8,13-14,20-21,23-25,27,36H,4,6,9-12,15-19H2,1-3H3,(H,32,40)(H,33,38)(H,34,39)/t20-,21-,23-,24-,25+,27-/m0/s1. The highest BCUT2D eigenvalue weighted by molar-refractivity contribution is 5.97. The Morgan fingerprint density at radius 2 is 1.61 bits per heavy atom. The van der Waals surface area contributed by atoms with Crippen LogP contribution in [0.2, 0.25) is 0 Å². The third-order valence-electron chi connectivity index (χ3n) is 8.30. The maximum absolute atomic E-state index is 13.8. The van der Waals surface area contributed by atoms with E-state index in [-0.39, 0.29) is 36.4 Å². The Morgan fingerprint density at radius 3 is 2.29 bits per heavy atom. The number of amides is 4. The first-order valence-electron chi connectivity index (χ1n) is 15.1. The van der Waals surface area contributed by atoms with Gasteiger partial charge >= 0.3 is 0 Å². The van der Waals surface area contributed by atoms with Gasteiger partial charge in [0, 0.05) is 19.4 Å². The van der Waals surface area contributed by atoms with Crippen molar-refractivity contribution in [2.24, 2.45) is 5.92 Å². The Kier molecular flexibility index (Phi) is 12.3. The van der Waals surface area contributed by atoms with Gasteiger partial charge in [0.25, 0.3) is 0 Å². The number of hydrogen-bond donors (Lipinski definition) is 4. The maximum Gasteiger partial charge on any atom is 0.246 e. The first-order chi connectivity index (χ1) is 19.6. The van der Waals surface area contributed by atoms with E-state index >= 15 is 0 Å². The lowest BCUT2D eigenvalue weighted by atomic mass is 9.93. The summed E-state index contributed by atoms with van der Waals surface area (Å²) < 4.78 is 0. The van der Waals surface area contributed by atoms with Crippen LogP contribution >= 0.6 is 0 Å². The van der Waals surface area contributed by atoms with Gasteiger partial charge in [0.15, 0.2) is 5.78 Å². The zero-order valence-electron chi connectivity index (χ0n) is 24.6. The summed E-state index contributed by atoms with van der Waals surface area (Å²) in [7, 11) is 0. The number of hydrogen-bond acceptors (Lipinski definition) is 6. The van der Waals surface area contributed by atoms with Crippen molar-refractivity contribution < 1.29 is 29.1 Å². The summed E-state index contributed by atoms with van der Waals surface area (Å²) in [5.41, 5.74) is 0.853. The van der Waals surface area contributed by atoms with Gasteiger partial charge in [-0.1, -0.05) is 63.4 Å². The molecule has 0 spiro atoms. The van der Waals surface area contributed by atoms with Crippen molar-refractivity contribution >= 4 is 29.4 Å². The topological polar surface area (TPSA) is 145 Å². The minimum atomic E-state index is -1.000. The fourth-order valence-corrected chi connectivity index (χ4v) is 5.48. The van der Waals surface area contributed by atoms with E-state index < -0.39 is 42.1 Å². The molecule has 10 nitrogen and oxygen atoms in total. The van der Waals surface area contributed by atoms with Crippen LogP contribution in [0.5, 0.6) is 0 Å². The summed E-state index contributed by atoms with van der Waals surface area (Å²) >= 11 is 0. The number of aliphatic hydroxyl groups excluding tert-OH is 1. The average Bonchev–Trinajstić information content (AvgIpc) is 2.97. The molecule has 0 aliphatic carbocycles. The Hall–Kier alpha value is -3.27. The summed E-state index contributed by atoms with van der Waals surface area (Å²) in [6, 6.07) is 5.98. The molecule has 226 valence electrons. The first-order valence-corrected chi connectivity index (χ1v) is 15.1. The summed E-state index contributed by atoms with van der Waals surface area (Å²) in [5.74, 6) is -1.91. The lowest BCUT2D eigenvalue weighted by Crippen LogP contribution is -2.64. The number of nitrogens with one attached hydrogen (secondary N) is 3. The van der Waals surface area contributed by atoms with Crippen LogP contribution in [0.4, 0.5) is 0 Å². The molecule has 1 aromatic rings. The number of fused-ring (bicyclic) bond motifs is 1. The molecule has 1 aromatic carbocycles. The van der Waals surface area contributed by atoms with Crippen molar-refractivity contribution in [2.75, 3.05) is 6.54 Å². The quantitative estimate of drug-likeness (QED) is 0.300. The van der Waals surface area contributed by atoms with Gasteiger partial charge < -0.3 is 26.0 Å². The Morgan fingerprint density at radius 1 is 0.927 bits per heavy atom. The number of piperidine rings is 1. The smallest absolute Gasteiger partial charge is 0.246 e. The third kappa shape index (κ3) is 9.11. The van der Waals surface area contributed by atoms with E-state index in [9.17, 15) is 29.1 Å². The predicted octanol–water partition coefficient (Wildman–Crippen LogP) is 2.02. The van der Waals surface area contributed by atoms with Crippen molar-refractivity contribution in [1.29, 1.82) is 0 Å². The molecule has 6 atom stereocenters. The van der Waals surface area contributed by atoms with Crippen molar-refractivity contribution in [3.63, 3.8) is 0 Å². The second kappa shape index (κ2) is 15.7. The lowest BCUT2D eigenvalue weighted by molar-refractivity contribution is -0.147. The van der Waals surface area contributed by atoms with Gasteiger partial charge in [-0.15, -0.1) is 0 Å². The lowest BCUT2D eigenvalue weighted by Gasteiger charge is -2.39. The van der Waals surface area contributed by atoms with E-state index in [0.29, 0.717) is 45.1 Å². The molecule has 0 radical (unpaired) electrons. The molecule has 0 unspecified atom stereocenters. The highest BCUT2D eigenvalue weighted by Gasteiger charge is 2.40. The van der Waals surface area contributed by atoms with Crippen LogP contribution in [0.25, 0.3) is 0 Å². The van der Waals surface area contributed by atoms with Crippen LogP contribution in [0.1, 0.15) is 84.1 Å². The van der Waals surface area contributed by atoms with Gasteiger partial charge in [0.05, 0.1) is 0 Å². The van der Waals surface area contributed by atoms with Crippen LogP contribution in [0, 0.1) is 5.92 Å². The number of carbonyl (C=O) groups excluding carboxylic acids is 5. The SMILES string of the molecule is CC[C@H](C)[C@@H]1NC(=O)[C@H](Cc2ccccc2)NC(=O)[C@H](CCCCCC(=O)[C@H](C)O)NC(=O)[C@H]2CCCCN2C1=O. The number of benzene rings is 1. The summed E-state index contributed by atoms with van der Waals surface area (Å²) in [5, 5.41) is 18.1. The summed E-state index contributed by atoms with van der Waals surface area (Å²) in [4.78, 5) is 68.0. The van der Waals surface area contributed by atoms with Crippen LogP contribution in [0.15, 0.2) is 30.3 Å². The van der Waals surface area contributed by atoms with E-state index in [1.165, 1.54) is 6.92 Å². The highest BCUT2D eigenvalue weighted by Crippen LogP contribution is 2.22. The van der Waals surface area contributed by atoms with Gasteiger partial charge in [-0.2, -0.15) is 0 Å². The zero-order chi connectivity index (χ0) is 29.9. The molecule has 0 bridgehead atoms. The Bertz CT molecular complexity index is 1060. The van der Waals surface area contributed by atoms with Gasteiger partial charge in [0.1, 0.15) is 30.3 Å². The highest BCUT2D eigenvalue weighted by atomic mass is 16.3. The number of nitrogens with zero attached hydrogens (tertiary/aromatic N) is 1. The Balaban J connectivity index is 1.87. The van der Waals surface area contributed by atoms with Gasteiger partial charge in [-0.25, -0.2) is 0 Å². The molecular weight excluding hydrogens is 524 g/mol. The van der Waals surface area contributed by atoms with E-state index in [1.807, 2.05) is 44.2 Å². The number of unbranched alkanes of at least 4 members (excludes halogenated alkanes) is 2. The molecule has 2 aliphatic rings. The van der Waals surface area contributed by atoms with Gasteiger partial charge in [-0.3, -0.25) is 24.0 Å². The minimum Gasteiger partial charge on any atom is -0.386 e. The minimum absolute atomic E-state index is 0.165. The molecule has 2 heterocycles. The number of rotatable bonds is 11. The summed E-state index contributed by atoms with van der Waals surface area (Å²) in [6.45, 7) is 5.72. The number of carbonyl (C=O) groups is 5. The zero-order valence-corrected chi connectivity index (χ0v) is 24.6. The molecule has 2 aliphatic heterocycles. The van der Waals surface area contributed by atoms with Crippen LogP contribution < -0.4 is 16.0 Å². The number of Topliss-reactive ketones (excluding diaryl/α,β-unsaturated/α-hetero) is 1. The summed E-state index contributed by atoms with van der Waals surface area (Å²) in [6.07, 6.45) is 4.25. The Labute approximate surface area is 243 Å². The van der Waals surface area contributed by atoms with Crippen molar-refractivity contribution in [3.8, 4) is 0 Å². The van der Waals surface area contributed by atoms with Gasteiger partial charge in [-0.05, 0) is 50.5 Å². The molecule has 0 aromatic heterocycles. The van der Waals surface area contributed by atoms with Crippen molar-refractivity contribution in [2.45, 2.75) is 115 Å². The largest absolute Gasteiger partial charge is 0.386 e. The normalized spacial score (nSPS) is 25.5. The molecule has 3 rings (SSSR count). The second-order valence-corrected chi connectivity index (χ2v) is 11.5. The van der Waals surface area contributed by atoms with Crippen LogP contribution in [-0.2, 0) is 30.4 Å². The van der Waals surface area contributed by atoms with Crippen LogP contribution in [0.3, 0.4) is 0 Å². The molecule has 2 fully saturated rings. The van der Waals surface area contributed by atoms with E-state index in [0.717, 1.165) is 18.4 Å². The molecule has 0 saturated carbocycles. The third-order valence-corrected chi connectivity index (χ3v) is 8.30. The maximum atomic E-state index is 13.8. The van der Waals surface area contributed by atoms with Crippen LogP contribution in [-0.4, -0.2) is 76.2 Å². The average molecular weight is 571 g/mol. The van der Waals surface area contributed by atoms with E-state index in [1.54, 1.807) is 4.90 Å². The molecule has 41 heavy (non-hydrogen) atoms. The second-order valence-electron chi connectivity index (χ2n) is 11.5. The van der Waals surface area contributed by atoms with E-state index in [4.69, 9.17) is 0 Å². The van der Waals surface area contributed by atoms with Crippen molar-refractivity contribution in [3.05, 3.63) is 35.9 Å². The molecule has 4 amide bonds. The van der Waals surface area contributed by atoms with Crippen molar-refractivity contribution in [1.82, 2.24) is 20.9 Å². The van der Waals surface area contributed by atoms with E-state index in [2.05, 4.69) is 16.0 Å². The number of aliphatic hydroxyl groups is 1. The fourth-order valence-electron chi connectivity index (χ4n) is 5.48. The molecule has 2 saturated heterocycles. The van der Waals surface area contributed by atoms with Gasteiger partial charge in [0.2, 0.25) is 23.6 Å². The predicted molar refractivity (Wildman–Crippen MR) is 155 cm³/mol. The molecule has 10 heteroatoms.